The second kappa shape index (κ2) is 7.26. The first-order valence-corrected chi connectivity index (χ1v) is 9.54. The quantitative estimate of drug-likeness (QED) is 0.410. The van der Waals surface area contributed by atoms with Crippen molar-refractivity contribution < 1.29 is 0 Å². The Morgan fingerprint density at radius 1 is 1.04 bits per heavy atom. The van der Waals surface area contributed by atoms with Gasteiger partial charge in [-0.05, 0) is 53.9 Å². The molecule has 1 heterocycles. The molecule has 27 heavy (non-hydrogen) atoms. The Bertz CT molecular complexity index is 1120. The SMILES string of the molecule is Cc1c(-n2ccnc2NC(C)c2ccc(Cl)cc2Cl)ccc2ccccc12. The fourth-order valence-electron chi connectivity index (χ4n) is 3.41. The lowest BCUT2D eigenvalue weighted by Crippen LogP contribution is -2.12. The molecule has 4 rings (SSSR count). The summed E-state index contributed by atoms with van der Waals surface area (Å²) >= 11 is 12.4. The highest BCUT2D eigenvalue weighted by Gasteiger charge is 2.15. The number of fused-ring (bicyclic) bond motifs is 1. The minimum atomic E-state index is -0.0170. The number of hydrogen-bond acceptors (Lipinski definition) is 2. The second-order valence-corrected chi connectivity index (χ2v) is 7.43. The van der Waals surface area contributed by atoms with Crippen molar-refractivity contribution in [3.8, 4) is 5.69 Å². The molecule has 136 valence electrons. The molecule has 0 saturated carbocycles. The predicted octanol–water partition coefficient (Wildman–Crippen LogP) is 6.81. The molecule has 0 radical (unpaired) electrons. The number of aryl methyl sites for hydroxylation is 1. The van der Waals surface area contributed by atoms with Gasteiger partial charge >= 0.3 is 0 Å². The van der Waals surface area contributed by atoms with Gasteiger partial charge in [0.15, 0.2) is 0 Å². The molecule has 0 aliphatic heterocycles. The third-order valence-electron chi connectivity index (χ3n) is 4.84. The van der Waals surface area contributed by atoms with Gasteiger partial charge in [0.05, 0.1) is 11.7 Å². The summed E-state index contributed by atoms with van der Waals surface area (Å²) in [6, 6.07) is 18.2. The molecule has 0 aliphatic carbocycles. The molecule has 0 saturated heterocycles. The maximum absolute atomic E-state index is 6.36. The summed E-state index contributed by atoms with van der Waals surface area (Å²) in [5.41, 5.74) is 3.29. The number of halogens is 2. The number of rotatable bonds is 4. The van der Waals surface area contributed by atoms with Gasteiger partial charge in [-0.15, -0.1) is 0 Å². The predicted molar refractivity (Wildman–Crippen MR) is 114 cm³/mol. The number of nitrogens with one attached hydrogen (secondary N) is 1. The lowest BCUT2D eigenvalue weighted by atomic mass is 10.0. The maximum atomic E-state index is 6.36. The van der Waals surface area contributed by atoms with E-state index in [9.17, 15) is 0 Å². The van der Waals surface area contributed by atoms with Crippen molar-refractivity contribution in [1.82, 2.24) is 9.55 Å². The molecule has 3 nitrogen and oxygen atoms in total. The Labute approximate surface area is 168 Å². The molecule has 0 aliphatic rings. The monoisotopic (exact) mass is 395 g/mol. The first kappa shape index (κ1) is 17.9. The lowest BCUT2D eigenvalue weighted by molar-refractivity contribution is 0.850. The van der Waals surface area contributed by atoms with E-state index < -0.39 is 0 Å². The summed E-state index contributed by atoms with van der Waals surface area (Å²) in [5.74, 6) is 0.770. The topological polar surface area (TPSA) is 29.9 Å². The maximum Gasteiger partial charge on any atom is 0.207 e. The fraction of sp³-hybridized carbons (Fsp3) is 0.136. The van der Waals surface area contributed by atoms with Gasteiger partial charge in [0.25, 0.3) is 0 Å². The smallest absolute Gasteiger partial charge is 0.207 e. The van der Waals surface area contributed by atoms with Gasteiger partial charge in [0.2, 0.25) is 5.95 Å². The number of imidazole rings is 1. The average Bonchev–Trinajstić information content (AvgIpc) is 3.10. The summed E-state index contributed by atoms with van der Waals surface area (Å²) in [6.45, 7) is 4.20. The van der Waals surface area contributed by atoms with Crippen LogP contribution in [0.15, 0.2) is 67.0 Å². The molecule has 1 unspecified atom stereocenters. The Hall–Kier alpha value is -2.49. The third kappa shape index (κ3) is 3.41. The van der Waals surface area contributed by atoms with Crippen molar-refractivity contribution in [2.24, 2.45) is 0 Å². The van der Waals surface area contributed by atoms with E-state index in [4.69, 9.17) is 23.2 Å². The molecule has 4 aromatic rings. The fourth-order valence-corrected chi connectivity index (χ4v) is 3.98. The molecule has 0 fully saturated rings. The molecule has 0 amide bonds. The summed E-state index contributed by atoms with van der Waals surface area (Å²) in [4.78, 5) is 4.51. The number of benzene rings is 3. The standard InChI is InChI=1S/C22H19Cl2N3/c1-14-18-6-4-3-5-16(18)7-10-21(14)27-12-11-25-22(27)26-15(2)19-9-8-17(23)13-20(19)24/h3-13,15H,1-2H3,(H,25,26). The molecular formula is C22H19Cl2N3. The van der Waals surface area contributed by atoms with E-state index in [-0.39, 0.29) is 6.04 Å². The largest absolute Gasteiger partial charge is 0.349 e. The minimum absolute atomic E-state index is 0.0170. The Kier molecular flexibility index (Phi) is 4.81. The van der Waals surface area contributed by atoms with Crippen LogP contribution in [0.25, 0.3) is 16.5 Å². The van der Waals surface area contributed by atoms with Crippen molar-refractivity contribution in [2.75, 3.05) is 5.32 Å². The van der Waals surface area contributed by atoms with Crippen LogP contribution in [0.2, 0.25) is 10.0 Å². The first-order valence-electron chi connectivity index (χ1n) is 8.78. The van der Waals surface area contributed by atoms with Crippen LogP contribution in [-0.4, -0.2) is 9.55 Å². The van der Waals surface area contributed by atoms with Crippen molar-refractivity contribution in [1.29, 1.82) is 0 Å². The van der Waals surface area contributed by atoms with E-state index in [0.29, 0.717) is 10.0 Å². The second-order valence-electron chi connectivity index (χ2n) is 6.58. The Balaban J connectivity index is 1.70. The van der Waals surface area contributed by atoms with Crippen LogP contribution in [0.1, 0.15) is 24.1 Å². The summed E-state index contributed by atoms with van der Waals surface area (Å²) in [6.07, 6.45) is 3.77. The van der Waals surface area contributed by atoms with Crippen LogP contribution in [0.5, 0.6) is 0 Å². The van der Waals surface area contributed by atoms with Gasteiger partial charge in [-0.1, -0.05) is 59.6 Å². The van der Waals surface area contributed by atoms with Crippen LogP contribution in [0, 0.1) is 6.92 Å². The molecule has 3 aromatic carbocycles. The van der Waals surface area contributed by atoms with Crippen molar-refractivity contribution in [3.05, 3.63) is 88.2 Å². The highest BCUT2D eigenvalue weighted by atomic mass is 35.5. The Morgan fingerprint density at radius 3 is 2.67 bits per heavy atom. The molecule has 0 spiro atoms. The van der Waals surface area contributed by atoms with E-state index in [1.165, 1.54) is 16.3 Å². The summed E-state index contributed by atoms with van der Waals surface area (Å²) in [7, 11) is 0. The van der Waals surface area contributed by atoms with Crippen molar-refractivity contribution in [2.45, 2.75) is 19.9 Å². The van der Waals surface area contributed by atoms with Gasteiger partial charge < -0.3 is 5.32 Å². The van der Waals surface area contributed by atoms with Gasteiger partial charge in [0.1, 0.15) is 0 Å². The van der Waals surface area contributed by atoms with E-state index in [1.807, 2.05) is 18.3 Å². The van der Waals surface area contributed by atoms with Gasteiger partial charge in [0, 0.05) is 22.4 Å². The molecule has 1 N–H and O–H groups in total. The lowest BCUT2D eigenvalue weighted by Gasteiger charge is -2.19. The molecule has 1 atom stereocenters. The zero-order valence-electron chi connectivity index (χ0n) is 15.1. The van der Waals surface area contributed by atoms with E-state index in [1.54, 1.807) is 12.3 Å². The van der Waals surface area contributed by atoms with Crippen LogP contribution >= 0.6 is 23.2 Å². The summed E-state index contributed by atoms with van der Waals surface area (Å²) < 4.78 is 2.07. The zero-order valence-corrected chi connectivity index (χ0v) is 16.6. The van der Waals surface area contributed by atoms with E-state index >= 15 is 0 Å². The van der Waals surface area contributed by atoms with Gasteiger partial charge in [-0.2, -0.15) is 0 Å². The van der Waals surface area contributed by atoms with Gasteiger partial charge in [-0.3, -0.25) is 4.57 Å². The summed E-state index contributed by atoms with van der Waals surface area (Å²) in [5, 5.41) is 7.21. The normalized spacial score (nSPS) is 12.3. The number of hydrogen-bond donors (Lipinski definition) is 1. The van der Waals surface area contributed by atoms with E-state index in [2.05, 4.69) is 65.1 Å². The zero-order chi connectivity index (χ0) is 19.0. The highest BCUT2D eigenvalue weighted by Crippen LogP contribution is 2.30. The minimum Gasteiger partial charge on any atom is -0.349 e. The number of anilines is 1. The van der Waals surface area contributed by atoms with Crippen LogP contribution in [-0.2, 0) is 0 Å². The van der Waals surface area contributed by atoms with Crippen LogP contribution in [0.4, 0.5) is 5.95 Å². The number of nitrogens with zero attached hydrogens (tertiary/aromatic N) is 2. The molecule has 5 heteroatoms. The van der Waals surface area contributed by atoms with Gasteiger partial charge in [-0.25, -0.2) is 4.98 Å². The highest BCUT2D eigenvalue weighted by molar-refractivity contribution is 6.35. The average molecular weight is 396 g/mol. The molecule has 0 bridgehead atoms. The first-order chi connectivity index (χ1) is 13.0. The Morgan fingerprint density at radius 2 is 1.85 bits per heavy atom. The van der Waals surface area contributed by atoms with Crippen LogP contribution < -0.4 is 5.32 Å². The van der Waals surface area contributed by atoms with Crippen LogP contribution in [0.3, 0.4) is 0 Å². The van der Waals surface area contributed by atoms with E-state index in [0.717, 1.165) is 17.2 Å². The third-order valence-corrected chi connectivity index (χ3v) is 5.41. The number of aromatic nitrogens is 2. The van der Waals surface area contributed by atoms with Crippen molar-refractivity contribution >= 4 is 39.9 Å². The molecular weight excluding hydrogens is 377 g/mol. The molecule has 1 aromatic heterocycles. The van der Waals surface area contributed by atoms with Crippen molar-refractivity contribution in [3.63, 3.8) is 0 Å².